The smallest absolute Gasteiger partial charge is 0.335 e. The van der Waals surface area contributed by atoms with Gasteiger partial charge in [0.15, 0.2) is 0 Å². The third-order valence-electron chi connectivity index (χ3n) is 6.04. The highest BCUT2D eigenvalue weighted by Gasteiger charge is 2.37. The summed E-state index contributed by atoms with van der Waals surface area (Å²) in [5.74, 6) is -0.418. The molecule has 5 rings (SSSR count). The molecular formula is C30H23BrN2O5. The first-order valence-corrected chi connectivity index (χ1v) is 12.8. The number of carbonyl (C=O) groups is 3. The van der Waals surface area contributed by atoms with Crippen molar-refractivity contribution >= 4 is 56.3 Å². The molecule has 4 aromatic rings. The van der Waals surface area contributed by atoms with Gasteiger partial charge in [-0.2, -0.15) is 0 Å². The third-order valence-corrected chi connectivity index (χ3v) is 6.54. The molecule has 8 heteroatoms. The zero-order chi connectivity index (χ0) is 26.6. The molecule has 0 aromatic heterocycles. The van der Waals surface area contributed by atoms with Crippen LogP contribution in [0.1, 0.15) is 18.1 Å². The predicted molar refractivity (Wildman–Crippen MR) is 149 cm³/mol. The number of urea groups is 1. The third kappa shape index (κ3) is 5.17. The number of rotatable bonds is 7. The molecule has 4 amide bonds. The average molecular weight is 571 g/mol. The Labute approximate surface area is 227 Å². The van der Waals surface area contributed by atoms with Crippen molar-refractivity contribution in [3.05, 3.63) is 106 Å². The second kappa shape index (κ2) is 10.9. The minimum atomic E-state index is -0.817. The molecule has 0 unspecified atom stereocenters. The number of hydrogen-bond donors (Lipinski definition) is 1. The fraction of sp³-hybridized carbons (Fsp3) is 0.100. The number of fused-ring (bicyclic) bond motifs is 1. The Morgan fingerprint density at radius 2 is 1.66 bits per heavy atom. The number of carbonyl (C=O) groups excluding carboxylic acids is 3. The average Bonchev–Trinajstić information content (AvgIpc) is 2.91. The van der Waals surface area contributed by atoms with Crippen LogP contribution in [-0.2, 0) is 16.2 Å². The van der Waals surface area contributed by atoms with Gasteiger partial charge in [-0.3, -0.25) is 14.9 Å². The van der Waals surface area contributed by atoms with Gasteiger partial charge in [-0.05, 0) is 71.8 Å². The Hall–Kier alpha value is -4.43. The number of halogens is 1. The lowest BCUT2D eigenvalue weighted by molar-refractivity contribution is -0.122. The second-order valence-corrected chi connectivity index (χ2v) is 9.41. The normalized spacial score (nSPS) is 14.6. The summed E-state index contributed by atoms with van der Waals surface area (Å²) in [6.07, 6.45) is 1.44. The number of barbiturate groups is 1. The summed E-state index contributed by atoms with van der Waals surface area (Å²) < 4.78 is 12.3. The standard InChI is InChI=1S/C30H23BrN2O5/c1-2-37-24-13-11-23(12-14-24)33-29(35)26(28(34)32-30(33)36)17-21-16-22(31)10-15-27(21)38-18-20-8-5-7-19-6-3-4-9-25(19)20/h3-17H,2,18H2,1H3,(H,32,34,36)/b26-17+. The summed E-state index contributed by atoms with van der Waals surface area (Å²) in [4.78, 5) is 39.6. The number of anilines is 1. The molecule has 1 aliphatic rings. The monoisotopic (exact) mass is 570 g/mol. The van der Waals surface area contributed by atoms with Crippen LogP contribution in [0.25, 0.3) is 16.8 Å². The molecule has 0 radical (unpaired) electrons. The van der Waals surface area contributed by atoms with E-state index in [2.05, 4.69) is 21.2 Å². The Bertz CT molecular complexity index is 1570. The van der Waals surface area contributed by atoms with E-state index < -0.39 is 17.8 Å². The van der Waals surface area contributed by atoms with Gasteiger partial charge in [-0.1, -0.05) is 58.4 Å². The van der Waals surface area contributed by atoms with E-state index in [1.165, 1.54) is 6.08 Å². The van der Waals surface area contributed by atoms with E-state index in [0.717, 1.165) is 25.7 Å². The van der Waals surface area contributed by atoms with Gasteiger partial charge < -0.3 is 9.47 Å². The van der Waals surface area contributed by atoms with Crippen molar-refractivity contribution in [3.63, 3.8) is 0 Å². The highest BCUT2D eigenvalue weighted by atomic mass is 79.9. The van der Waals surface area contributed by atoms with Gasteiger partial charge in [0, 0.05) is 10.0 Å². The molecule has 7 nitrogen and oxygen atoms in total. The van der Waals surface area contributed by atoms with Crippen molar-refractivity contribution < 1.29 is 23.9 Å². The molecular weight excluding hydrogens is 548 g/mol. The second-order valence-electron chi connectivity index (χ2n) is 8.49. The minimum absolute atomic E-state index is 0.188. The predicted octanol–water partition coefficient (Wildman–Crippen LogP) is 6.25. The number of ether oxygens (including phenoxy) is 2. The maximum Gasteiger partial charge on any atom is 0.335 e. The Balaban J connectivity index is 1.45. The lowest BCUT2D eigenvalue weighted by Gasteiger charge is -2.26. The van der Waals surface area contributed by atoms with Crippen molar-refractivity contribution in [2.75, 3.05) is 11.5 Å². The molecule has 1 N–H and O–H groups in total. The number of imide groups is 2. The van der Waals surface area contributed by atoms with Crippen LogP contribution in [0.3, 0.4) is 0 Å². The number of nitrogens with one attached hydrogen (secondary N) is 1. The molecule has 1 fully saturated rings. The molecule has 1 saturated heterocycles. The molecule has 38 heavy (non-hydrogen) atoms. The molecule has 0 saturated carbocycles. The number of amides is 4. The van der Waals surface area contributed by atoms with Gasteiger partial charge in [0.25, 0.3) is 11.8 Å². The Morgan fingerprint density at radius 1 is 0.895 bits per heavy atom. The van der Waals surface area contributed by atoms with Gasteiger partial charge in [0.1, 0.15) is 23.7 Å². The van der Waals surface area contributed by atoms with Crippen LogP contribution >= 0.6 is 15.9 Å². The van der Waals surface area contributed by atoms with Gasteiger partial charge in [0.05, 0.1) is 12.3 Å². The van der Waals surface area contributed by atoms with E-state index in [4.69, 9.17) is 9.47 Å². The van der Waals surface area contributed by atoms with E-state index >= 15 is 0 Å². The summed E-state index contributed by atoms with van der Waals surface area (Å²) in [6, 6.07) is 25.1. The van der Waals surface area contributed by atoms with Crippen molar-refractivity contribution in [1.82, 2.24) is 5.32 Å². The van der Waals surface area contributed by atoms with Crippen LogP contribution in [0.5, 0.6) is 11.5 Å². The molecule has 0 bridgehead atoms. The topological polar surface area (TPSA) is 84.9 Å². The fourth-order valence-electron chi connectivity index (χ4n) is 4.24. The molecule has 1 heterocycles. The molecule has 1 aliphatic heterocycles. The Kier molecular flexibility index (Phi) is 7.24. The molecule has 0 spiro atoms. The largest absolute Gasteiger partial charge is 0.494 e. The summed E-state index contributed by atoms with van der Waals surface area (Å²) in [6.45, 7) is 2.64. The van der Waals surface area contributed by atoms with E-state index in [1.54, 1.807) is 36.4 Å². The van der Waals surface area contributed by atoms with Crippen molar-refractivity contribution in [3.8, 4) is 11.5 Å². The number of nitrogens with zero attached hydrogens (tertiary/aromatic N) is 1. The SMILES string of the molecule is CCOc1ccc(N2C(=O)NC(=O)/C(=C\c3cc(Br)ccc3OCc3cccc4ccccc34)C2=O)cc1. The first-order valence-electron chi connectivity index (χ1n) is 12.0. The first-order chi connectivity index (χ1) is 18.4. The van der Waals surface area contributed by atoms with Gasteiger partial charge in [-0.25, -0.2) is 9.69 Å². The van der Waals surface area contributed by atoms with Crippen LogP contribution in [-0.4, -0.2) is 24.5 Å². The van der Waals surface area contributed by atoms with Crippen LogP contribution < -0.4 is 19.7 Å². The van der Waals surface area contributed by atoms with Crippen molar-refractivity contribution in [2.24, 2.45) is 0 Å². The number of benzene rings is 4. The zero-order valence-electron chi connectivity index (χ0n) is 20.4. The molecule has 0 atom stereocenters. The lowest BCUT2D eigenvalue weighted by Crippen LogP contribution is -2.54. The van der Waals surface area contributed by atoms with E-state index in [9.17, 15) is 14.4 Å². The van der Waals surface area contributed by atoms with Crippen LogP contribution in [0.15, 0.2) is 95.0 Å². The van der Waals surface area contributed by atoms with Crippen molar-refractivity contribution in [2.45, 2.75) is 13.5 Å². The summed E-state index contributed by atoms with van der Waals surface area (Å²) >= 11 is 3.45. The van der Waals surface area contributed by atoms with Gasteiger partial charge in [0.2, 0.25) is 0 Å². The lowest BCUT2D eigenvalue weighted by atomic mass is 10.0. The van der Waals surface area contributed by atoms with E-state index in [-0.39, 0.29) is 12.2 Å². The zero-order valence-corrected chi connectivity index (χ0v) is 22.0. The molecule has 4 aromatic carbocycles. The van der Waals surface area contributed by atoms with Crippen molar-refractivity contribution in [1.29, 1.82) is 0 Å². The van der Waals surface area contributed by atoms with Crippen LogP contribution in [0, 0.1) is 0 Å². The number of hydrogen-bond acceptors (Lipinski definition) is 5. The fourth-order valence-corrected chi connectivity index (χ4v) is 4.62. The summed E-state index contributed by atoms with van der Waals surface area (Å²) in [5.41, 5.74) is 1.64. The maximum absolute atomic E-state index is 13.4. The highest BCUT2D eigenvalue weighted by Crippen LogP contribution is 2.30. The van der Waals surface area contributed by atoms with Gasteiger partial charge >= 0.3 is 6.03 Å². The highest BCUT2D eigenvalue weighted by molar-refractivity contribution is 9.10. The van der Waals surface area contributed by atoms with Gasteiger partial charge in [-0.15, -0.1) is 0 Å². The molecule has 190 valence electrons. The van der Waals surface area contributed by atoms with Crippen LogP contribution in [0.4, 0.5) is 10.5 Å². The minimum Gasteiger partial charge on any atom is -0.494 e. The first kappa shape index (κ1) is 25.2. The molecule has 0 aliphatic carbocycles. The van der Waals surface area contributed by atoms with E-state index in [1.807, 2.05) is 55.5 Å². The summed E-state index contributed by atoms with van der Waals surface area (Å²) in [7, 11) is 0. The Morgan fingerprint density at radius 3 is 2.45 bits per heavy atom. The maximum atomic E-state index is 13.4. The summed E-state index contributed by atoms with van der Waals surface area (Å²) in [5, 5.41) is 4.44. The van der Waals surface area contributed by atoms with E-state index in [0.29, 0.717) is 29.4 Å². The quantitative estimate of drug-likeness (QED) is 0.210. The van der Waals surface area contributed by atoms with Crippen LogP contribution in [0.2, 0.25) is 0 Å².